The van der Waals surface area contributed by atoms with Gasteiger partial charge in [-0.15, -0.1) is 0 Å². The minimum atomic E-state index is -0.458. The quantitative estimate of drug-likeness (QED) is 0.332. The van der Waals surface area contributed by atoms with Crippen LogP contribution in [0.4, 0.5) is 0 Å². The molecule has 1 N–H and O–H groups in total. The first kappa shape index (κ1) is 23.2. The van der Waals surface area contributed by atoms with Crippen LogP contribution in [0.5, 0.6) is 23.0 Å². The van der Waals surface area contributed by atoms with Gasteiger partial charge in [0.1, 0.15) is 18.2 Å². The van der Waals surface area contributed by atoms with Crippen molar-refractivity contribution >= 4 is 27.9 Å². The molecule has 0 saturated carbocycles. The highest BCUT2D eigenvalue weighted by Crippen LogP contribution is 2.36. The van der Waals surface area contributed by atoms with Crippen molar-refractivity contribution in [2.45, 2.75) is 13.2 Å². The van der Waals surface area contributed by atoms with Gasteiger partial charge in [0.15, 0.2) is 23.0 Å². The third-order valence-corrected chi connectivity index (χ3v) is 5.76. The summed E-state index contributed by atoms with van der Waals surface area (Å²) in [7, 11) is 1.53. The first-order valence-electron chi connectivity index (χ1n) is 10.4. The number of nitrogens with one attached hydrogen (secondary N) is 1. The lowest BCUT2D eigenvalue weighted by Gasteiger charge is -2.13. The molecule has 1 amide bonds. The Hall–Kier alpha value is -3.96. The van der Waals surface area contributed by atoms with E-state index in [2.05, 4.69) is 21.2 Å². The Morgan fingerprint density at radius 2 is 1.88 bits per heavy atom. The number of nitriles is 1. The highest BCUT2D eigenvalue weighted by atomic mass is 79.9. The van der Waals surface area contributed by atoms with E-state index in [1.807, 2.05) is 54.6 Å². The van der Waals surface area contributed by atoms with Crippen LogP contribution < -0.4 is 24.3 Å². The number of rotatable bonds is 8. The molecule has 1 aliphatic heterocycles. The van der Waals surface area contributed by atoms with Gasteiger partial charge >= 0.3 is 0 Å². The van der Waals surface area contributed by atoms with Crippen molar-refractivity contribution in [2.24, 2.45) is 0 Å². The third-order valence-electron chi connectivity index (χ3n) is 5.08. The predicted molar refractivity (Wildman–Crippen MR) is 129 cm³/mol. The van der Waals surface area contributed by atoms with E-state index in [0.29, 0.717) is 46.2 Å². The van der Waals surface area contributed by atoms with E-state index in [1.54, 1.807) is 12.1 Å². The third kappa shape index (κ3) is 5.50. The molecule has 172 valence electrons. The van der Waals surface area contributed by atoms with Crippen LogP contribution in [0.15, 0.2) is 70.7 Å². The summed E-state index contributed by atoms with van der Waals surface area (Å²) in [6.07, 6.45) is 1.51. The van der Waals surface area contributed by atoms with Crippen LogP contribution in [-0.2, 0) is 17.9 Å². The molecular formula is C26H21BrN2O5. The summed E-state index contributed by atoms with van der Waals surface area (Å²) in [4.78, 5) is 12.5. The maximum atomic E-state index is 12.5. The number of nitrogens with zero attached hydrogens (tertiary/aromatic N) is 1. The Morgan fingerprint density at radius 1 is 1.09 bits per heavy atom. The Morgan fingerprint density at radius 3 is 2.65 bits per heavy atom. The minimum Gasteiger partial charge on any atom is -0.493 e. The second-order valence-electron chi connectivity index (χ2n) is 7.34. The lowest BCUT2D eigenvalue weighted by atomic mass is 10.1. The maximum absolute atomic E-state index is 12.5. The SMILES string of the molecule is COc1cc(/C=C(/C#N)C(=O)NCc2ccccc2)c(Br)cc1OCc1ccc2c(c1)OCO2. The molecule has 3 aromatic carbocycles. The summed E-state index contributed by atoms with van der Waals surface area (Å²) in [5.74, 6) is 1.92. The second-order valence-corrected chi connectivity index (χ2v) is 8.19. The number of methoxy groups -OCH3 is 1. The van der Waals surface area contributed by atoms with Crippen LogP contribution in [0.2, 0.25) is 0 Å². The fraction of sp³-hybridized carbons (Fsp3) is 0.154. The minimum absolute atomic E-state index is 0.0206. The van der Waals surface area contributed by atoms with Crippen LogP contribution in [0.3, 0.4) is 0 Å². The maximum Gasteiger partial charge on any atom is 0.262 e. The molecule has 1 aliphatic rings. The molecule has 7 nitrogen and oxygen atoms in total. The summed E-state index contributed by atoms with van der Waals surface area (Å²) in [6, 6.07) is 20.5. The molecule has 3 aromatic rings. The fourth-order valence-electron chi connectivity index (χ4n) is 3.30. The van der Waals surface area contributed by atoms with Crippen molar-refractivity contribution in [3.05, 3.63) is 87.4 Å². The van der Waals surface area contributed by atoms with Crippen LogP contribution >= 0.6 is 15.9 Å². The molecular weight excluding hydrogens is 500 g/mol. The van der Waals surface area contributed by atoms with E-state index in [0.717, 1.165) is 11.1 Å². The van der Waals surface area contributed by atoms with Gasteiger partial charge in [0, 0.05) is 11.0 Å². The molecule has 1 heterocycles. The Kier molecular flexibility index (Phi) is 7.35. The standard InChI is InChI=1S/C26H21BrN2O5/c1-31-23-11-19(10-20(13-28)26(30)29-14-17-5-3-2-4-6-17)21(27)12-25(23)32-15-18-7-8-22-24(9-18)34-16-33-22/h2-12H,14-16H2,1H3,(H,29,30)/b20-10-. The number of carbonyl (C=O) groups is 1. The van der Waals surface area contributed by atoms with Crippen molar-refractivity contribution in [1.29, 1.82) is 5.26 Å². The predicted octanol–water partition coefficient (Wildman–Crippen LogP) is 4.99. The van der Waals surface area contributed by atoms with Crippen molar-refractivity contribution in [3.8, 4) is 29.1 Å². The molecule has 0 bridgehead atoms. The summed E-state index contributed by atoms with van der Waals surface area (Å²) in [5.41, 5.74) is 2.44. The van der Waals surface area contributed by atoms with Gasteiger partial charge in [-0.2, -0.15) is 5.26 Å². The van der Waals surface area contributed by atoms with Crippen LogP contribution in [0, 0.1) is 11.3 Å². The number of benzene rings is 3. The molecule has 4 rings (SSSR count). The molecule has 0 spiro atoms. The van der Waals surface area contributed by atoms with Crippen molar-refractivity contribution in [3.63, 3.8) is 0 Å². The Labute approximate surface area is 205 Å². The summed E-state index contributed by atoms with van der Waals surface area (Å²) < 4.78 is 22.8. The molecule has 0 aliphatic carbocycles. The summed E-state index contributed by atoms with van der Waals surface area (Å²) >= 11 is 3.50. The monoisotopic (exact) mass is 520 g/mol. The number of ether oxygens (including phenoxy) is 4. The largest absolute Gasteiger partial charge is 0.493 e. The smallest absolute Gasteiger partial charge is 0.262 e. The van der Waals surface area contributed by atoms with E-state index in [9.17, 15) is 10.1 Å². The van der Waals surface area contributed by atoms with Crippen molar-refractivity contribution in [2.75, 3.05) is 13.9 Å². The molecule has 0 aromatic heterocycles. The van der Waals surface area contributed by atoms with Crippen LogP contribution in [0.1, 0.15) is 16.7 Å². The average molecular weight is 521 g/mol. The van der Waals surface area contributed by atoms with E-state index in [4.69, 9.17) is 18.9 Å². The summed E-state index contributed by atoms with van der Waals surface area (Å²) in [5, 5.41) is 12.3. The Bertz CT molecular complexity index is 1270. The molecule has 8 heteroatoms. The topological polar surface area (TPSA) is 89.8 Å². The lowest BCUT2D eigenvalue weighted by Crippen LogP contribution is -2.23. The van der Waals surface area contributed by atoms with E-state index < -0.39 is 5.91 Å². The van der Waals surface area contributed by atoms with Crippen LogP contribution in [-0.4, -0.2) is 19.8 Å². The highest BCUT2D eigenvalue weighted by Gasteiger charge is 2.16. The van der Waals surface area contributed by atoms with Gasteiger partial charge in [-0.3, -0.25) is 4.79 Å². The number of amides is 1. The first-order chi connectivity index (χ1) is 16.6. The van der Waals surface area contributed by atoms with Gasteiger partial charge in [-0.05, 0) is 47.0 Å². The molecule has 0 saturated heterocycles. The first-order valence-corrected chi connectivity index (χ1v) is 11.2. The van der Waals surface area contributed by atoms with Gasteiger partial charge in [0.2, 0.25) is 6.79 Å². The normalized spacial score (nSPS) is 12.1. The lowest BCUT2D eigenvalue weighted by molar-refractivity contribution is -0.117. The molecule has 0 unspecified atom stereocenters. The number of carbonyl (C=O) groups excluding carboxylic acids is 1. The van der Waals surface area contributed by atoms with Crippen molar-refractivity contribution in [1.82, 2.24) is 5.32 Å². The molecule has 0 atom stereocenters. The zero-order valence-electron chi connectivity index (χ0n) is 18.3. The summed E-state index contributed by atoms with van der Waals surface area (Å²) in [6.45, 7) is 0.833. The van der Waals surface area contributed by atoms with Gasteiger partial charge < -0.3 is 24.3 Å². The number of halogens is 1. The number of hydrogen-bond donors (Lipinski definition) is 1. The highest BCUT2D eigenvalue weighted by molar-refractivity contribution is 9.10. The second kappa shape index (κ2) is 10.8. The average Bonchev–Trinajstić information content (AvgIpc) is 3.34. The van der Waals surface area contributed by atoms with Gasteiger partial charge in [-0.1, -0.05) is 52.3 Å². The fourth-order valence-corrected chi connectivity index (χ4v) is 3.74. The van der Waals surface area contributed by atoms with E-state index >= 15 is 0 Å². The molecule has 0 radical (unpaired) electrons. The van der Waals surface area contributed by atoms with E-state index in [-0.39, 0.29) is 12.4 Å². The van der Waals surface area contributed by atoms with Gasteiger partial charge in [0.25, 0.3) is 5.91 Å². The van der Waals surface area contributed by atoms with Gasteiger partial charge in [0.05, 0.1) is 7.11 Å². The molecule has 0 fully saturated rings. The molecule has 34 heavy (non-hydrogen) atoms. The van der Waals surface area contributed by atoms with Crippen LogP contribution in [0.25, 0.3) is 6.08 Å². The van der Waals surface area contributed by atoms with E-state index in [1.165, 1.54) is 13.2 Å². The number of hydrogen-bond acceptors (Lipinski definition) is 6. The zero-order chi connectivity index (χ0) is 23.9. The Balaban J connectivity index is 1.48. The van der Waals surface area contributed by atoms with Gasteiger partial charge in [-0.25, -0.2) is 0 Å². The van der Waals surface area contributed by atoms with Crippen molar-refractivity contribution < 1.29 is 23.7 Å². The number of fused-ring (bicyclic) bond motifs is 1. The zero-order valence-corrected chi connectivity index (χ0v) is 19.9.